The number of hydrogen-bond acceptors (Lipinski definition) is 2. The molecule has 1 saturated heterocycles. The Morgan fingerprint density at radius 3 is 3.12 bits per heavy atom. The standard InChI is InChI=1S/C13H16ClN3/c14-10-1-2-12-9(6-16-13(12)5-10)7-17-4-3-11(15)8-17/h1-2,5-6,11,16H,3-4,7-8,15H2. The van der Waals surface area contributed by atoms with Crippen molar-refractivity contribution in [2.45, 2.75) is 19.0 Å². The average Bonchev–Trinajstić information content (AvgIpc) is 2.86. The van der Waals surface area contributed by atoms with Crippen molar-refractivity contribution >= 4 is 22.5 Å². The largest absolute Gasteiger partial charge is 0.361 e. The van der Waals surface area contributed by atoms with Crippen LogP contribution in [0.3, 0.4) is 0 Å². The van der Waals surface area contributed by atoms with Crippen molar-refractivity contribution in [3.63, 3.8) is 0 Å². The number of halogens is 1. The first-order valence-corrected chi connectivity index (χ1v) is 6.33. The molecular weight excluding hydrogens is 234 g/mol. The number of fused-ring (bicyclic) bond motifs is 1. The summed E-state index contributed by atoms with van der Waals surface area (Å²) in [5.74, 6) is 0. The molecule has 90 valence electrons. The first kappa shape index (κ1) is 11.1. The zero-order valence-electron chi connectivity index (χ0n) is 9.62. The zero-order chi connectivity index (χ0) is 11.8. The molecule has 0 amide bonds. The second kappa shape index (κ2) is 4.33. The summed E-state index contributed by atoms with van der Waals surface area (Å²) in [5.41, 5.74) is 8.35. The van der Waals surface area contributed by atoms with E-state index in [4.69, 9.17) is 17.3 Å². The summed E-state index contributed by atoms with van der Waals surface area (Å²) in [6, 6.07) is 6.33. The van der Waals surface area contributed by atoms with Gasteiger partial charge >= 0.3 is 0 Å². The number of nitrogens with two attached hydrogens (primary N) is 1. The topological polar surface area (TPSA) is 45.0 Å². The quantitative estimate of drug-likeness (QED) is 0.858. The molecule has 0 bridgehead atoms. The molecule has 0 spiro atoms. The van der Waals surface area contributed by atoms with Gasteiger partial charge in [-0.2, -0.15) is 0 Å². The number of rotatable bonds is 2. The molecule has 1 aliphatic heterocycles. The molecule has 0 radical (unpaired) electrons. The van der Waals surface area contributed by atoms with Crippen molar-refractivity contribution in [1.29, 1.82) is 0 Å². The molecule has 1 aromatic heterocycles. The first-order chi connectivity index (χ1) is 8.22. The van der Waals surface area contributed by atoms with Crippen molar-refractivity contribution < 1.29 is 0 Å². The molecule has 3 nitrogen and oxygen atoms in total. The summed E-state index contributed by atoms with van der Waals surface area (Å²) in [6.07, 6.45) is 3.18. The van der Waals surface area contributed by atoms with E-state index in [1.165, 1.54) is 10.9 Å². The van der Waals surface area contributed by atoms with E-state index < -0.39 is 0 Å². The Hall–Kier alpha value is -1.03. The van der Waals surface area contributed by atoms with E-state index in [9.17, 15) is 0 Å². The number of nitrogens with one attached hydrogen (secondary N) is 1. The smallest absolute Gasteiger partial charge is 0.0472 e. The fourth-order valence-corrected chi connectivity index (χ4v) is 2.71. The van der Waals surface area contributed by atoms with Gasteiger partial charge in [0.25, 0.3) is 0 Å². The highest BCUT2D eigenvalue weighted by molar-refractivity contribution is 6.31. The van der Waals surface area contributed by atoms with Crippen LogP contribution in [-0.2, 0) is 6.54 Å². The second-order valence-corrected chi connectivity index (χ2v) is 5.22. The number of likely N-dealkylation sites (tertiary alicyclic amines) is 1. The molecule has 17 heavy (non-hydrogen) atoms. The Balaban J connectivity index is 1.85. The molecule has 4 heteroatoms. The Bertz CT molecular complexity index is 534. The lowest BCUT2D eigenvalue weighted by molar-refractivity contribution is 0.328. The molecule has 3 rings (SSSR count). The van der Waals surface area contributed by atoms with E-state index in [-0.39, 0.29) is 0 Å². The maximum Gasteiger partial charge on any atom is 0.0472 e. The molecule has 0 aliphatic carbocycles. The van der Waals surface area contributed by atoms with Crippen molar-refractivity contribution in [1.82, 2.24) is 9.88 Å². The fraction of sp³-hybridized carbons (Fsp3) is 0.385. The number of hydrogen-bond donors (Lipinski definition) is 2. The third kappa shape index (κ3) is 2.18. The highest BCUT2D eigenvalue weighted by Gasteiger charge is 2.19. The summed E-state index contributed by atoms with van der Waals surface area (Å²) in [5, 5.41) is 2.03. The summed E-state index contributed by atoms with van der Waals surface area (Å²) in [6.45, 7) is 3.07. The first-order valence-electron chi connectivity index (χ1n) is 5.96. The van der Waals surface area contributed by atoms with E-state index in [0.29, 0.717) is 6.04 Å². The van der Waals surface area contributed by atoms with Crippen LogP contribution in [0, 0.1) is 0 Å². The van der Waals surface area contributed by atoms with Crippen LogP contribution < -0.4 is 5.73 Å². The number of aromatic nitrogens is 1. The Kier molecular flexibility index (Phi) is 2.82. The van der Waals surface area contributed by atoms with Crippen molar-refractivity contribution in [2.75, 3.05) is 13.1 Å². The van der Waals surface area contributed by atoms with Crippen molar-refractivity contribution in [2.24, 2.45) is 5.73 Å². The monoisotopic (exact) mass is 249 g/mol. The van der Waals surface area contributed by atoms with Gasteiger partial charge in [-0.25, -0.2) is 0 Å². The van der Waals surface area contributed by atoms with E-state index >= 15 is 0 Å². The highest BCUT2D eigenvalue weighted by atomic mass is 35.5. The van der Waals surface area contributed by atoms with Crippen LogP contribution in [0.4, 0.5) is 0 Å². The third-order valence-corrected chi connectivity index (χ3v) is 3.67. The Morgan fingerprint density at radius 2 is 2.35 bits per heavy atom. The molecule has 3 N–H and O–H groups in total. The van der Waals surface area contributed by atoms with Gasteiger partial charge in [-0.05, 0) is 24.1 Å². The molecule has 2 heterocycles. The second-order valence-electron chi connectivity index (χ2n) is 4.79. The molecule has 2 aromatic rings. The number of nitrogens with zero attached hydrogens (tertiary/aromatic N) is 1. The van der Waals surface area contributed by atoms with Gasteiger partial charge in [0.2, 0.25) is 0 Å². The van der Waals surface area contributed by atoms with E-state index in [1.54, 1.807) is 0 Å². The number of aromatic amines is 1. The molecule has 0 saturated carbocycles. The Labute approximate surface area is 106 Å². The lowest BCUT2D eigenvalue weighted by atomic mass is 10.1. The molecule has 1 fully saturated rings. The van der Waals surface area contributed by atoms with Gasteiger partial charge in [0.1, 0.15) is 0 Å². The number of H-pyrrole nitrogens is 1. The summed E-state index contributed by atoms with van der Waals surface area (Å²) >= 11 is 5.97. The minimum Gasteiger partial charge on any atom is -0.361 e. The molecule has 1 atom stereocenters. The summed E-state index contributed by atoms with van der Waals surface area (Å²) in [4.78, 5) is 5.68. The minimum absolute atomic E-state index is 0.342. The predicted molar refractivity (Wildman–Crippen MR) is 71.2 cm³/mol. The van der Waals surface area contributed by atoms with Gasteiger partial charge in [0.15, 0.2) is 0 Å². The lowest BCUT2D eigenvalue weighted by Crippen LogP contribution is -2.26. The predicted octanol–water partition coefficient (Wildman–Crippen LogP) is 2.35. The highest BCUT2D eigenvalue weighted by Crippen LogP contribution is 2.24. The SMILES string of the molecule is NC1CCN(Cc2c[nH]c3cc(Cl)ccc23)C1. The van der Waals surface area contributed by atoms with Crippen LogP contribution in [0.5, 0.6) is 0 Å². The summed E-state index contributed by atoms with van der Waals surface area (Å²) in [7, 11) is 0. The van der Waals surface area contributed by atoms with Crippen LogP contribution >= 0.6 is 11.6 Å². The van der Waals surface area contributed by atoms with Gasteiger partial charge in [-0.1, -0.05) is 17.7 Å². The van der Waals surface area contributed by atoms with Gasteiger partial charge < -0.3 is 10.7 Å². The summed E-state index contributed by atoms with van der Waals surface area (Å²) < 4.78 is 0. The lowest BCUT2D eigenvalue weighted by Gasteiger charge is -2.14. The Morgan fingerprint density at radius 1 is 1.47 bits per heavy atom. The molecule has 1 aliphatic rings. The van der Waals surface area contributed by atoms with E-state index in [0.717, 1.165) is 36.6 Å². The maximum atomic E-state index is 5.97. The van der Waals surface area contributed by atoms with Gasteiger partial charge in [-0.15, -0.1) is 0 Å². The van der Waals surface area contributed by atoms with Crippen LogP contribution in [0.1, 0.15) is 12.0 Å². The van der Waals surface area contributed by atoms with Gasteiger partial charge in [-0.3, -0.25) is 4.90 Å². The van der Waals surface area contributed by atoms with Crippen LogP contribution in [0.25, 0.3) is 10.9 Å². The van der Waals surface area contributed by atoms with E-state index in [1.807, 2.05) is 12.1 Å². The van der Waals surface area contributed by atoms with E-state index in [2.05, 4.69) is 22.1 Å². The maximum absolute atomic E-state index is 5.97. The fourth-order valence-electron chi connectivity index (χ4n) is 2.54. The normalized spacial score (nSPS) is 21.4. The van der Waals surface area contributed by atoms with Crippen LogP contribution in [0.2, 0.25) is 5.02 Å². The zero-order valence-corrected chi connectivity index (χ0v) is 10.4. The molecule has 1 unspecified atom stereocenters. The van der Waals surface area contributed by atoms with Gasteiger partial charge in [0.05, 0.1) is 0 Å². The van der Waals surface area contributed by atoms with Crippen molar-refractivity contribution in [3.8, 4) is 0 Å². The van der Waals surface area contributed by atoms with Crippen LogP contribution in [0.15, 0.2) is 24.4 Å². The number of benzene rings is 1. The van der Waals surface area contributed by atoms with Crippen molar-refractivity contribution in [3.05, 3.63) is 35.0 Å². The minimum atomic E-state index is 0.342. The molecule has 1 aromatic carbocycles. The van der Waals surface area contributed by atoms with Crippen LogP contribution in [-0.4, -0.2) is 29.0 Å². The average molecular weight is 250 g/mol. The third-order valence-electron chi connectivity index (χ3n) is 3.43. The molecular formula is C13H16ClN3. The van der Waals surface area contributed by atoms with Gasteiger partial charge in [0, 0.05) is 47.8 Å².